The Morgan fingerprint density at radius 3 is 2.84 bits per heavy atom. The number of carbonyl (C=O) groups is 2. The first-order valence-corrected chi connectivity index (χ1v) is 7.15. The Labute approximate surface area is 116 Å². The standard InChI is InChI=1S/C13H17N3O2S/c1-3-8(2)16-12(17)6-10(13(16)18)19-9-4-5-11(14)15-7-9/h4-5,7-8,10H,3,6H2,1-2H3,(H2,14,15). The van der Waals surface area contributed by atoms with Crippen LogP contribution < -0.4 is 5.73 Å². The highest BCUT2D eigenvalue weighted by Gasteiger charge is 2.41. The van der Waals surface area contributed by atoms with Crippen LogP contribution >= 0.6 is 11.8 Å². The van der Waals surface area contributed by atoms with Crippen LogP contribution in [0.1, 0.15) is 26.7 Å². The number of rotatable bonds is 4. The molecule has 1 aliphatic heterocycles. The van der Waals surface area contributed by atoms with Crippen molar-refractivity contribution in [1.82, 2.24) is 9.88 Å². The molecule has 6 heteroatoms. The second kappa shape index (κ2) is 5.61. The minimum Gasteiger partial charge on any atom is -0.384 e. The van der Waals surface area contributed by atoms with Crippen molar-refractivity contribution in [2.45, 2.75) is 42.9 Å². The van der Waals surface area contributed by atoms with Crippen LogP contribution in [0.15, 0.2) is 23.2 Å². The summed E-state index contributed by atoms with van der Waals surface area (Å²) in [5, 5.41) is -0.341. The third kappa shape index (κ3) is 2.89. The average molecular weight is 279 g/mol. The third-order valence-corrected chi connectivity index (χ3v) is 4.38. The molecule has 1 aromatic rings. The molecule has 2 atom stereocenters. The van der Waals surface area contributed by atoms with Gasteiger partial charge in [-0.1, -0.05) is 6.92 Å². The van der Waals surface area contributed by atoms with Gasteiger partial charge in [0, 0.05) is 23.6 Å². The zero-order valence-electron chi connectivity index (χ0n) is 11.0. The minimum atomic E-state index is -0.341. The lowest BCUT2D eigenvalue weighted by Gasteiger charge is -2.21. The normalized spacial score (nSPS) is 20.9. The highest BCUT2D eigenvalue weighted by Crippen LogP contribution is 2.32. The fraction of sp³-hybridized carbons (Fsp3) is 0.462. The molecule has 102 valence electrons. The number of likely N-dealkylation sites (tertiary alicyclic amines) is 1. The number of anilines is 1. The number of amides is 2. The van der Waals surface area contributed by atoms with Crippen molar-refractivity contribution in [3.63, 3.8) is 0 Å². The van der Waals surface area contributed by atoms with Gasteiger partial charge in [-0.2, -0.15) is 0 Å². The summed E-state index contributed by atoms with van der Waals surface area (Å²) in [7, 11) is 0. The fourth-order valence-electron chi connectivity index (χ4n) is 1.99. The molecule has 0 saturated carbocycles. The van der Waals surface area contributed by atoms with Crippen LogP contribution in [0.3, 0.4) is 0 Å². The van der Waals surface area contributed by atoms with Crippen molar-refractivity contribution >= 4 is 29.4 Å². The van der Waals surface area contributed by atoms with E-state index in [2.05, 4.69) is 4.98 Å². The smallest absolute Gasteiger partial charge is 0.243 e. The minimum absolute atomic E-state index is 0.0323. The van der Waals surface area contributed by atoms with E-state index in [0.29, 0.717) is 5.82 Å². The Balaban J connectivity index is 2.09. The summed E-state index contributed by atoms with van der Waals surface area (Å²) in [4.78, 5) is 30.3. The zero-order valence-corrected chi connectivity index (χ0v) is 11.8. The molecule has 1 fully saturated rings. The summed E-state index contributed by atoms with van der Waals surface area (Å²) < 4.78 is 0. The van der Waals surface area contributed by atoms with Gasteiger partial charge in [-0.15, -0.1) is 11.8 Å². The monoisotopic (exact) mass is 279 g/mol. The van der Waals surface area contributed by atoms with Gasteiger partial charge in [-0.3, -0.25) is 14.5 Å². The molecule has 0 aliphatic carbocycles. The highest BCUT2D eigenvalue weighted by molar-refractivity contribution is 8.00. The van der Waals surface area contributed by atoms with Gasteiger partial charge in [0.05, 0.1) is 5.25 Å². The number of imide groups is 1. The van der Waals surface area contributed by atoms with E-state index < -0.39 is 0 Å². The van der Waals surface area contributed by atoms with E-state index in [1.165, 1.54) is 16.7 Å². The Morgan fingerprint density at radius 1 is 1.53 bits per heavy atom. The Morgan fingerprint density at radius 2 is 2.26 bits per heavy atom. The van der Waals surface area contributed by atoms with Crippen molar-refractivity contribution in [3.8, 4) is 0 Å². The zero-order chi connectivity index (χ0) is 14.0. The van der Waals surface area contributed by atoms with Crippen LogP contribution in [-0.2, 0) is 9.59 Å². The average Bonchev–Trinajstić information content (AvgIpc) is 2.66. The molecule has 2 N–H and O–H groups in total. The van der Waals surface area contributed by atoms with Crippen molar-refractivity contribution in [2.75, 3.05) is 5.73 Å². The van der Waals surface area contributed by atoms with Gasteiger partial charge in [0.2, 0.25) is 11.8 Å². The number of hydrogen-bond acceptors (Lipinski definition) is 5. The summed E-state index contributed by atoms with van der Waals surface area (Å²) in [6.07, 6.45) is 2.67. The maximum atomic E-state index is 12.2. The summed E-state index contributed by atoms with van der Waals surface area (Å²) in [6.45, 7) is 3.86. The van der Waals surface area contributed by atoms with Crippen molar-refractivity contribution in [1.29, 1.82) is 0 Å². The quantitative estimate of drug-likeness (QED) is 0.849. The van der Waals surface area contributed by atoms with Crippen molar-refractivity contribution in [3.05, 3.63) is 18.3 Å². The van der Waals surface area contributed by atoms with E-state index >= 15 is 0 Å². The van der Waals surface area contributed by atoms with Gasteiger partial charge in [0.25, 0.3) is 0 Å². The largest absolute Gasteiger partial charge is 0.384 e. The van der Waals surface area contributed by atoms with Gasteiger partial charge in [-0.25, -0.2) is 4.98 Å². The second-order valence-electron chi connectivity index (χ2n) is 4.59. The summed E-state index contributed by atoms with van der Waals surface area (Å²) in [5.41, 5.74) is 5.51. The van der Waals surface area contributed by atoms with Crippen LogP contribution in [0, 0.1) is 0 Å². The number of nitrogen functional groups attached to an aromatic ring is 1. The predicted molar refractivity (Wildman–Crippen MR) is 74.5 cm³/mol. The molecule has 0 radical (unpaired) electrons. The maximum absolute atomic E-state index is 12.2. The molecule has 0 bridgehead atoms. The molecule has 1 aliphatic rings. The Bertz CT molecular complexity index is 489. The maximum Gasteiger partial charge on any atom is 0.243 e. The molecule has 2 rings (SSSR count). The molecule has 1 saturated heterocycles. The second-order valence-corrected chi connectivity index (χ2v) is 5.86. The van der Waals surface area contributed by atoms with Crippen LogP contribution in [0.25, 0.3) is 0 Å². The number of hydrogen-bond donors (Lipinski definition) is 1. The van der Waals surface area contributed by atoms with E-state index in [1.54, 1.807) is 12.3 Å². The molecule has 2 amide bonds. The van der Waals surface area contributed by atoms with E-state index in [0.717, 1.165) is 11.3 Å². The van der Waals surface area contributed by atoms with Crippen molar-refractivity contribution < 1.29 is 9.59 Å². The first-order chi connectivity index (χ1) is 9.02. The van der Waals surface area contributed by atoms with E-state index in [1.807, 2.05) is 19.9 Å². The Kier molecular flexibility index (Phi) is 4.09. The van der Waals surface area contributed by atoms with Gasteiger partial charge in [0.1, 0.15) is 5.82 Å². The predicted octanol–water partition coefficient (Wildman–Crippen LogP) is 1.68. The molecule has 2 heterocycles. The van der Waals surface area contributed by atoms with Gasteiger partial charge < -0.3 is 5.73 Å². The van der Waals surface area contributed by atoms with Crippen LogP contribution in [-0.4, -0.2) is 33.0 Å². The van der Waals surface area contributed by atoms with Gasteiger partial charge in [0.15, 0.2) is 0 Å². The van der Waals surface area contributed by atoms with Crippen LogP contribution in [0.5, 0.6) is 0 Å². The number of thioether (sulfide) groups is 1. The van der Waals surface area contributed by atoms with Gasteiger partial charge in [-0.05, 0) is 25.5 Å². The lowest BCUT2D eigenvalue weighted by Crippen LogP contribution is -2.38. The summed E-state index contributed by atoms with van der Waals surface area (Å²) >= 11 is 1.37. The number of pyridine rings is 1. The van der Waals surface area contributed by atoms with E-state index in [9.17, 15) is 9.59 Å². The first-order valence-electron chi connectivity index (χ1n) is 6.27. The molecular formula is C13H17N3O2S. The Hall–Kier alpha value is -1.56. The van der Waals surface area contributed by atoms with Crippen LogP contribution in [0.4, 0.5) is 5.82 Å². The molecule has 5 nitrogen and oxygen atoms in total. The molecule has 0 spiro atoms. The van der Waals surface area contributed by atoms with E-state index in [-0.39, 0.29) is 29.5 Å². The third-order valence-electron chi connectivity index (χ3n) is 3.21. The first kappa shape index (κ1) is 13.9. The van der Waals surface area contributed by atoms with Crippen molar-refractivity contribution in [2.24, 2.45) is 0 Å². The lowest BCUT2D eigenvalue weighted by molar-refractivity contribution is -0.140. The number of nitrogens with two attached hydrogens (primary N) is 1. The topological polar surface area (TPSA) is 76.3 Å². The van der Waals surface area contributed by atoms with E-state index in [4.69, 9.17) is 5.73 Å². The number of nitrogens with zero attached hydrogens (tertiary/aromatic N) is 2. The van der Waals surface area contributed by atoms with Crippen LogP contribution in [0.2, 0.25) is 0 Å². The lowest BCUT2D eigenvalue weighted by atomic mass is 10.2. The van der Waals surface area contributed by atoms with Gasteiger partial charge >= 0.3 is 0 Å². The SMILES string of the molecule is CCC(C)N1C(=O)CC(Sc2ccc(N)nc2)C1=O. The number of aromatic nitrogens is 1. The summed E-state index contributed by atoms with van der Waals surface area (Å²) in [5.74, 6) is 0.265. The fourth-order valence-corrected chi connectivity index (χ4v) is 3.01. The molecular weight excluding hydrogens is 262 g/mol. The number of carbonyl (C=O) groups excluding carboxylic acids is 2. The molecule has 1 aromatic heterocycles. The molecule has 0 aromatic carbocycles. The molecule has 2 unspecified atom stereocenters. The molecule has 19 heavy (non-hydrogen) atoms. The summed E-state index contributed by atoms with van der Waals surface area (Å²) in [6, 6.07) is 3.47. The highest BCUT2D eigenvalue weighted by atomic mass is 32.2.